The van der Waals surface area contributed by atoms with Gasteiger partial charge in [-0.3, -0.25) is 14.6 Å². The van der Waals surface area contributed by atoms with Crippen LogP contribution >= 0.6 is 0 Å². The van der Waals surface area contributed by atoms with Crippen molar-refractivity contribution < 1.29 is 9.59 Å². The van der Waals surface area contributed by atoms with Gasteiger partial charge < -0.3 is 10.2 Å². The number of hydrogen-bond acceptors (Lipinski definition) is 3. The van der Waals surface area contributed by atoms with E-state index < -0.39 is 5.41 Å². The molecule has 27 heavy (non-hydrogen) atoms. The molecule has 1 saturated heterocycles. The van der Waals surface area contributed by atoms with Crippen molar-refractivity contribution >= 4 is 17.5 Å². The average molecular weight is 363 g/mol. The minimum Gasteiger partial charge on any atom is -0.338 e. The van der Waals surface area contributed by atoms with Crippen molar-refractivity contribution in [3.63, 3.8) is 0 Å². The van der Waals surface area contributed by atoms with Gasteiger partial charge >= 0.3 is 0 Å². The number of aryl methyl sites for hydroxylation is 1. The van der Waals surface area contributed by atoms with Gasteiger partial charge in [0.15, 0.2) is 0 Å². The Kier molecular flexibility index (Phi) is 4.46. The largest absolute Gasteiger partial charge is 0.338 e. The molecule has 2 aliphatic heterocycles. The summed E-state index contributed by atoms with van der Waals surface area (Å²) in [6.45, 7) is 4.69. The Balaban J connectivity index is 1.67. The van der Waals surface area contributed by atoms with Crippen molar-refractivity contribution in [2.24, 2.45) is 0 Å². The number of aromatic nitrogens is 1. The van der Waals surface area contributed by atoms with E-state index in [1.54, 1.807) is 6.20 Å². The van der Waals surface area contributed by atoms with E-state index in [9.17, 15) is 9.59 Å². The third kappa shape index (κ3) is 2.73. The Morgan fingerprint density at radius 1 is 1.30 bits per heavy atom. The summed E-state index contributed by atoms with van der Waals surface area (Å²) < 4.78 is 0. The second-order valence-corrected chi connectivity index (χ2v) is 7.56. The van der Waals surface area contributed by atoms with Gasteiger partial charge in [0, 0.05) is 18.4 Å². The lowest BCUT2D eigenvalue weighted by Crippen LogP contribution is -2.49. The van der Waals surface area contributed by atoms with Gasteiger partial charge in [-0.05, 0) is 43.0 Å². The number of anilines is 1. The molecule has 2 aliphatic rings. The second-order valence-electron chi connectivity index (χ2n) is 7.56. The van der Waals surface area contributed by atoms with Gasteiger partial charge in [0.1, 0.15) is 0 Å². The second kappa shape index (κ2) is 6.80. The molecule has 5 nitrogen and oxygen atoms in total. The SMILES string of the molecule is CCC[C@@H]1N(C(=O)Cc2ncccc2C)CC[C@]12C(=O)Nc1ccccc12. The summed E-state index contributed by atoms with van der Waals surface area (Å²) in [6, 6.07) is 11.7. The van der Waals surface area contributed by atoms with Crippen LogP contribution in [0.1, 0.15) is 43.0 Å². The highest BCUT2D eigenvalue weighted by atomic mass is 16.2. The van der Waals surface area contributed by atoms with E-state index in [-0.39, 0.29) is 24.3 Å². The Morgan fingerprint density at radius 3 is 2.89 bits per heavy atom. The van der Waals surface area contributed by atoms with Gasteiger partial charge in [-0.25, -0.2) is 0 Å². The van der Waals surface area contributed by atoms with Crippen LogP contribution in [0.2, 0.25) is 0 Å². The van der Waals surface area contributed by atoms with Crippen molar-refractivity contribution in [3.05, 3.63) is 59.4 Å². The highest BCUT2D eigenvalue weighted by molar-refractivity contribution is 6.07. The molecule has 5 heteroatoms. The summed E-state index contributed by atoms with van der Waals surface area (Å²) in [6.07, 6.45) is 4.42. The number of fused-ring (bicyclic) bond motifs is 2. The predicted octanol–water partition coefficient (Wildman–Crippen LogP) is 3.22. The van der Waals surface area contributed by atoms with Crippen LogP contribution in [-0.4, -0.2) is 34.3 Å². The zero-order chi connectivity index (χ0) is 19.0. The number of carbonyl (C=O) groups is 2. The zero-order valence-corrected chi connectivity index (χ0v) is 15.9. The highest BCUT2D eigenvalue weighted by Crippen LogP contribution is 2.49. The lowest BCUT2D eigenvalue weighted by atomic mass is 9.73. The Hall–Kier alpha value is -2.69. The van der Waals surface area contributed by atoms with E-state index in [1.807, 2.05) is 48.2 Å². The fourth-order valence-corrected chi connectivity index (χ4v) is 4.72. The molecule has 0 radical (unpaired) electrons. The number of benzene rings is 1. The third-order valence-corrected chi connectivity index (χ3v) is 6.07. The number of nitrogens with zero attached hydrogens (tertiary/aromatic N) is 2. The molecule has 2 amide bonds. The Morgan fingerprint density at radius 2 is 2.11 bits per heavy atom. The van der Waals surface area contributed by atoms with Crippen LogP contribution in [0, 0.1) is 6.92 Å². The normalized spacial score (nSPS) is 23.6. The molecular weight excluding hydrogens is 338 g/mol. The molecule has 1 N–H and O–H groups in total. The summed E-state index contributed by atoms with van der Waals surface area (Å²) in [7, 11) is 0. The summed E-state index contributed by atoms with van der Waals surface area (Å²) in [5.74, 6) is 0.0933. The molecule has 1 aromatic carbocycles. The molecule has 3 heterocycles. The third-order valence-electron chi connectivity index (χ3n) is 6.07. The van der Waals surface area contributed by atoms with Gasteiger partial charge in [-0.2, -0.15) is 0 Å². The van der Waals surface area contributed by atoms with E-state index in [4.69, 9.17) is 0 Å². The van der Waals surface area contributed by atoms with E-state index in [0.29, 0.717) is 13.0 Å². The maximum Gasteiger partial charge on any atom is 0.237 e. The van der Waals surface area contributed by atoms with E-state index in [0.717, 1.165) is 35.3 Å². The lowest BCUT2D eigenvalue weighted by Gasteiger charge is -2.34. The number of likely N-dealkylation sites (tertiary alicyclic amines) is 1. The summed E-state index contributed by atoms with van der Waals surface area (Å²) in [4.78, 5) is 32.5. The molecule has 0 aliphatic carbocycles. The molecule has 140 valence electrons. The highest BCUT2D eigenvalue weighted by Gasteiger charge is 2.58. The fourth-order valence-electron chi connectivity index (χ4n) is 4.72. The summed E-state index contributed by atoms with van der Waals surface area (Å²) in [5.41, 5.74) is 3.14. The van der Waals surface area contributed by atoms with Crippen LogP contribution in [0.4, 0.5) is 5.69 Å². The number of carbonyl (C=O) groups excluding carboxylic acids is 2. The number of hydrogen-bond donors (Lipinski definition) is 1. The minimum absolute atomic E-state index is 0.0338. The first kappa shape index (κ1) is 17.7. The Labute approximate surface area is 159 Å². The van der Waals surface area contributed by atoms with Crippen LogP contribution in [0.3, 0.4) is 0 Å². The first-order valence-corrected chi connectivity index (χ1v) is 9.69. The maximum absolute atomic E-state index is 13.2. The minimum atomic E-state index is -0.624. The van der Waals surface area contributed by atoms with Crippen LogP contribution < -0.4 is 5.32 Å². The zero-order valence-electron chi connectivity index (χ0n) is 15.9. The molecule has 0 saturated carbocycles. The lowest BCUT2D eigenvalue weighted by molar-refractivity contribution is -0.132. The predicted molar refractivity (Wildman–Crippen MR) is 104 cm³/mol. The molecule has 0 unspecified atom stereocenters. The van der Waals surface area contributed by atoms with Crippen molar-refractivity contribution in [3.8, 4) is 0 Å². The first-order valence-electron chi connectivity index (χ1n) is 9.69. The quantitative estimate of drug-likeness (QED) is 0.907. The van der Waals surface area contributed by atoms with Crippen molar-refractivity contribution in [2.75, 3.05) is 11.9 Å². The number of para-hydroxylation sites is 1. The van der Waals surface area contributed by atoms with Gasteiger partial charge in [-0.1, -0.05) is 37.6 Å². The molecule has 4 rings (SSSR count). The molecule has 2 atom stereocenters. The maximum atomic E-state index is 13.2. The smallest absolute Gasteiger partial charge is 0.237 e. The first-order chi connectivity index (χ1) is 13.1. The Bertz CT molecular complexity index is 895. The van der Waals surface area contributed by atoms with Crippen molar-refractivity contribution in [1.82, 2.24) is 9.88 Å². The van der Waals surface area contributed by atoms with Crippen LogP contribution in [0.5, 0.6) is 0 Å². The number of nitrogens with one attached hydrogen (secondary N) is 1. The van der Waals surface area contributed by atoms with Gasteiger partial charge in [0.2, 0.25) is 11.8 Å². The van der Waals surface area contributed by atoms with Crippen LogP contribution in [-0.2, 0) is 21.4 Å². The molecule has 2 aromatic rings. The molecule has 1 aromatic heterocycles. The topological polar surface area (TPSA) is 62.3 Å². The van der Waals surface area contributed by atoms with Crippen molar-refractivity contribution in [1.29, 1.82) is 0 Å². The van der Waals surface area contributed by atoms with E-state index in [1.165, 1.54) is 0 Å². The fraction of sp³-hybridized carbons (Fsp3) is 0.409. The van der Waals surface area contributed by atoms with Crippen LogP contribution in [0.25, 0.3) is 0 Å². The summed E-state index contributed by atoms with van der Waals surface area (Å²) >= 11 is 0. The van der Waals surface area contributed by atoms with Crippen molar-refractivity contribution in [2.45, 2.75) is 51.0 Å². The standard InChI is InChI=1S/C22H25N3O2/c1-3-7-19-22(16-9-4-5-10-17(16)24-21(22)27)11-13-25(19)20(26)14-18-15(2)8-6-12-23-18/h4-6,8-10,12,19H,3,7,11,13-14H2,1-2H3,(H,24,27)/t19-,22+/m0/s1. The van der Waals surface area contributed by atoms with E-state index in [2.05, 4.69) is 17.2 Å². The monoisotopic (exact) mass is 363 g/mol. The molecule has 0 bridgehead atoms. The molecular formula is C22H25N3O2. The van der Waals surface area contributed by atoms with Crippen LogP contribution in [0.15, 0.2) is 42.6 Å². The van der Waals surface area contributed by atoms with Gasteiger partial charge in [-0.15, -0.1) is 0 Å². The van der Waals surface area contributed by atoms with Gasteiger partial charge in [0.05, 0.1) is 23.6 Å². The van der Waals surface area contributed by atoms with E-state index >= 15 is 0 Å². The molecule has 1 fully saturated rings. The number of amides is 2. The average Bonchev–Trinajstić information content (AvgIpc) is 3.18. The summed E-state index contributed by atoms with van der Waals surface area (Å²) in [5, 5.41) is 3.05. The number of rotatable bonds is 4. The molecule has 1 spiro atoms. The van der Waals surface area contributed by atoms with Gasteiger partial charge in [0.25, 0.3) is 0 Å². The number of pyridine rings is 1.